The molecule has 0 bridgehead atoms. The van der Waals surface area contributed by atoms with Gasteiger partial charge in [-0.1, -0.05) is 12.8 Å². The molecule has 1 heterocycles. The monoisotopic (exact) mass is 281 g/mol. The molecule has 0 aromatic heterocycles. The molecule has 1 aliphatic heterocycles. The lowest BCUT2D eigenvalue weighted by Crippen LogP contribution is -2.57. The molecule has 4 heteroatoms. The quantitative estimate of drug-likeness (QED) is 0.809. The zero-order valence-corrected chi connectivity index (χ0v) is 13.3. The minimum absolute atomic E-state index is 0.165. The van der Waals surface area contributed by atoms with Crippen LogP contribution in [0.5, 0.6) is 0 Å². The van der Waals surface area contributed by atoms with Crippen LogP contribution in [0.1, 0.15) is 58.8 Å². The average Bonchev–Trinajstić information content (AvgIpc) is 2.82. The van der Waals surface area contributed by atoms with E-state index in [0.717, 1.165) is 32.2 Å². The number of rotatable bonds is 5. The van der Waals surface area contributed by atoms with E-state index in [4.69, 9.17) is 5.73 Å². The second-order valence-electron chi connectivity index (χ2n) is 6.83. The summed E-state index contributed by atoms with van der Waals surface area (Å²) in [6.07, 6.45) is 8.18. The van der Waals surface area contributed by atoms with Gasteiger partial charge in [-0.05, 0) is 65.5 Å². The minimum Gasteiger partial charge on any atom is -0.368 e. The molecule has 4 unspecified atom stereocenters. The Kier molecular flexibility index (Phi) is 5.08. The van der Waals surface area contributed by atoms with E-state index >= 15 is 0 Å². The fourth-order valence-electron chi connectivity index (χ4n) is 4.47. The Bertz CT molecular complexity index is 337. The molecule has 2 aliphatic rings. The van der Waals surface area contributed by atoms with Gasteiger partial charge in [-0.25, -0.2) is 0 Å². The average molecular weight is 281 g/mol. The maximum Gasteiger partial charge on any atom is 0.238 e. The van der Waals surface area contributed by atoms with Gasteiger partial charge in [-0.15, -0.1) is 0 Å². The van der Waals surface area contributed by atoms with Crippen LogP contribution in [0, 0.1) is 5.92 Å². The van der Waals surface area contributed by atoms with Gasteiger partial charge in [0.25, 0.3) is 0 Å². The molecular formula is C16H31N3O. The van der Waals surface area contributed by atoms with Crippen LogP contribution in [0.15, 0.2) is 0 Å². The Balaban J connectivity index is 1.97. The van der Waals surface area contributed by atoms with Crippen molar-refractivity contribution < 1.29 is 4.79 Å². The van der Waals surface area contributed by atoms with Crippen molar-refractivity contribution in [1.82, 2.24) is 10.2 Å². The maximum absolute atomic E-state index is 11.9. The van der Waals surface area contributed by atoms with Crippen molar-refractivity contribution in [2.75, 3.05) is 13.6 Å². The molecule has 4 nitrogen and oxygen atoms in total. The van der Waals surface area contributed by atoms with Gasteiger partial charge < -0.3 is 11.1 Å². The van der Waals surface area contributed by atoms with Crippen molar-refractivity contribution in [1.29, 1.82) is 0 Å². The third-order valence-electron chi connectivity index (χ3n) is 5.82. The molecular weight excluding hydrogens is 250 g/mol. The van der Waals surface area contributed by atoms with Gasteiger partial charge >= 0.3 is 0 Å². The standard InChI is InChI=1S/C16H31N3O/c1-12-6-4-7-13(2)19(12)11-9-14-8-5-10-16(14,18-3)15(17)20/h12-14,18H,4-11H2,1-3H3,(H2,17,20). The van der Waals surface area contributed by atoms with Gasteiger partial charge in [-0.3, -0.25) is 9.69 Å². The molecule has 2 rings (SSSR count). The normalized spacial score (nSPS) is 39.0. The molecule has 0 aromatic rings. The Hall–Kier alpha value is -0.610. The highest BCUT2D eigenvalue weighted by atomic mass is 16.1. The fourth-order valence-corrected chi connectivity index (χ4v) is 4.47. The van der Waals surface area contributed by atoms with E-state index in [-0.39, 0.29) is 5.91 Å². The number of nitrogens with zero attached hydrogens (tertiary/aromatic N) is 1. The lowest BCUT2D eigenvalue weighted by Gasteiger charge is -2.41. The largest absolute Gasteiger partial charge is 0.368 e. The first-order chi connectivity index (χ1) is 9.51. The summed E-state index contributed by atoms with van der Waals surface area (Å²) in [6, 6.07) is 1.36. The number of hydrogen-bond acceptors (Lipinski definition) is 3. The van der Waals surface area contributed by atoms with Gasteiger partial charge in [0.15, 0.2) is 0 Å². The first-order valence-electron chi connectivity index (χ1n) is 8.26. The summed E-state index contributed by atoms with van der Waals surface area (Å²) >= 11 is 0. The highest BCUT2D eigenvalue weighted by molar-refractivity contribution is 5.85. The van der Waals surface area contributed by atoms with Crippen LogP contribution in [0.2, 0.25) is 0 Å². The van der Waals surface area contributed by atoms with Gasteiger partial charge in [-0.2, -0.15) is 0 Å². The topological polar surface area (TPSA) is 58.4 Å². The molecule has 3 N–H and O–H groups in total. The minimum atomic E-state index is -0.456. The molecule has 0 aromatic carbocycles. The molecule has 20 heavy (non-hydrogen) atoms. The van der Waals surface area contributed by atoms with E-state index in [1.54, 1.807) is 0 Å². The van der Waals surface area contributed by atoms with E-state index in [0.29, 0.717) is 18.0 Å². The van der Waals surface area contributed by atoms with Crippen LogP contribution in [0.4, 0.5) is 0 Å². The molecule has 1 aliphatic carbocycles. The van der Waals surface area contributed by atoms with Crippen molar-refractivity contribution in [2.24, 2.45) is 11.7 Å². The zero-order valence-electron chi connectivity index (χ0n) is 13.3. The van der Waals surface area contributed by atoms with Crippen LogP contribution >= 0.6 is 0 Å². The van der Waals surface area contributed by atoms with E-state index < -0.39 is 5.54 Å². The van der Waals surface area contributed by atoms with Crippen LogP contribution < -0.4 is 11.1 Å². The molecule has 1 saturated heterocycles. The number of piperidine rings is 1. The Morgan fingerprint density at radius 1 is 1.25 bits per heavy atom. The Morgan fingerprint density at radius 2 is 1.90 bits per heavy atom. The summed E-state index contributed by atoms with van der Waals surface area (Å²) in [4.78, 5) is 14.5. The highest BCUT2D eigenvalue weighted by Gasteiger charge is 2.46. The fraction of sp³-hybridized carbons (Fsp3) is 0.938. The summed E-state index contributed by atoms with van der Waals surface area (Å²) in [5, 5.41) is 3.24. The van der Waals surface area contributed by atoms with Gasteiger partial charge in [0.1, 0.15) is 5.54 Å². The number of likely N-dealkylation sites (N-methyl/N-ethyl adjacent to an activating group) is 1. The molecule has 4 atom stereocenters. The number of primary amides is 1. The molecule has 0 spiro atoms. The number of nitrogens with two attached hydrogens (primary N) is 1. The van der Waals surface area contributed by atoms with Crippen molar-refractivity contribution in [3.05, 3.63) is 0 Å². The van der Waals surface area contributed by atoms with Gasteiger partial charge in [0.05, 0.1) is 0 Å². The predicted octanol–water partition coefficient (Wildman–Crippen LogP) is 1.88. The molecule has 2 fully saturated rings. The number of hydrogen-bond donors (Lipinski definition) is 2. The number of likely N-dealkylation sites (tertiary alicyclic amines) is 1. The summed E-state index contributed by atoms with van der Waals surface area (Å²) < 4.78 is 0. The third-order valence-corrected chi connectivity index (χ3v) is 5.82. The second-order valence-corrected chi connectivity index (χ2v) is 6.83. The van der Waals surface area contributed by atoms with E-state index in [1.807, 2.05) is 7.05 Å². The van der Waals surface area contributed by atoms with Crippen LogP contribution in [0.3, 0.4) is 0 Å². The first kappa shape index (κ1) is 15.8. The van der Waals surface area contributed by atoms with E-state index in [2.05, 4.69) is 24.1 Å². The van der Waals surface area contributed by atoms with Crippen molar-refractivity contribution in [3.8, 4) is 0 Å². The third kappa shape index (κ3) is 2.86. The maximum atomic E-state index is 11.9. The zero-order chi connectivity index (χ0) is 14.8. The van der Waals surface area contributed by atoms with Gasteiger partial charge in [0, 0.05) is 12.1 Å². The van der Waals surface area contributed by atoms with E-state index in [9.17, 15) is 4.79 Å². The number of amides is 1. The predicted molar refractivity (Wildman–Crippen MR) is 82.4 cm³/mol. The lowest BCUT2D eigenvalue weighted by molar-refractivity contribution is -0.125. The van der Waals surface area contributed by atoms with Crippen molar-refractivity contribution in [3.63, 3.8) is 0 Å². The van der Waals surface area contributed by atoms with Crippen LogP contribution in [0.25, 0.3) is 0 Å². The van der Waals surface area contributed by atoms with Gasteiger partial charge in [0.2, 0.25) is 5.91 Å². The van der Waals surface area contributed by atoms with Crippen molar-refractivity contribution in [2.45, 2.75) is 76.4 Å². The Morgan fingerprint density at radius 3 is 2.45 bits per heavy atom. The summed E-state index contributed by atoms with van der Waals surface area (Å²) in [6.45, 7) is 5.77. The highest BCUT2D eigenvalue weighted by Crippen LogP contribution is 2.38. The molecule has 1 amide bonds. The molecule has 1 saturated carbocycles. The summed E-state index contributed by atoms with van der Waals surface area (Å²) in [5.41, 5.74) is 5.23. The van der Waals surface area contributed by atoms with Crippen molar-refractivity contribution >= 4 is 5.91 Å². The van der Waals surface area contributed by atoms with Crippen LogP contribution in [-0.2, 0) is 4.79 Å². The van der Waals surface area contributed by atoms with Crippen LogP contribution in [-0.4, -0.2) is 42.0 Å². The number of carbonyl (C=O) groups excluding carboxylic acids is 1. The first-order valence-corrected chi connectivity index (χ1v) is 8.26. The SMILES string of the molecule is CNC1(C(N)=O)CCCC1CCN1C(C)CCCC1C. The Labute approximate surface area is 123 Å². The molecule has 0 radical (unpaired) electrons. The number of carbonyl (C=O) groups is 1. The van der Waals surface area contributed by atoms with E-state index in [1.165, 1.54) is 19.3 Å². The molecule has 116 valence electrons. The number of nitrogens with one attached hydrogen (secondary N) is 1. The lowest BCUT2D eigenvalue weighted by atomic mass is 9.83. The summed E-state index contributed by atoms with van der Waals surface area (Å²) in [7, 11) is 1.88. The summed E-state index contributed by atoms with van der Waals surface area (Å²) in [5.74, 6) is 0.230. The second kappa shape index (κ2) is 6.44. The smallest absolute Gasteiger partial charge is 0.238 e.